The molecule has 0 N–H and O–H groups in total. The molecule has 5 rings (SSSR count). The van der Waals surface area contributed by atoms with Crippen LogP contribution in [0.1, 0.15) is 68.0 Å². The molecule has 3 aromatic rings. The van der Waals surface area contributed by atoms with Gasteiger partial charge in [-0.3, -0.25) is 0 Å². The Balaban J connectivity index is 1.50. The van der Waals surface area contributed by atoms with Crippen molar-refractivity contribution in [3.8, 4) is 28.7 Å². The molecule has 2 heterocycles. The topological polar surface area (TPSA) is 61.8 Å². The minimum atomic E-state index is -0.540. The molecule has 0 aliphatic carbocycles. The number of methoxy groups -OCH3 is 3. The number of hydrogen-bond acceptors (Lipinski definition) is 7. The van der Waals surface area contributed by atoms with E-state index in [4.69, 9.17) is 52.0 Å². The Morgan fingerprint density at radius 3 is 2.38 bits per heavy atom. The van der Waals surface area contributed by atoms with Gasteiger partial charge in [-0.15, -0.1) is 0 Å². The fourth-order valence-electron chi connectivity index (χ4n) is 5.19. The van der Waals surface area contributed by atoms with Gasteiger partial charge < -0.3 is 23.7 Å². The number of benzene rings is 3. The van der Waals surface area contributed by atoms with Crippen molar-refractivity contribution in [2.24, 2.45) is 5.10 Å². The summed E-state index contributed by atoms with van der Waals surface area (Å²) in [5.41, 5.74) is 3.59. The zero-order chi connectivity index (χ0) is 28.2. The Morgan fingerprint density at radius 1 is 0.875 bits per heavy atom. The van der Waals surface area contributed by atoms with Gasteiger partial charge in [0.2, 0.25) is 6.23 Å². The summed E-state index contributed by atoms with van der Waals surface area (Å²) in [6.45, 7) is 2.84. The summed E-state index contributed by atoms with van der Waals surface area (Å²) in [4.78, 5) is 0. The van der Waals surface area contributed by atoms with E-state index in [1.807, 2.05) is 47.5 Å². The third kappa shape index (κ3) is 5.63. The molecule has 7 nitrogen and oxygen atoms in total. The van der Waals surface area contributed by atoms with Crippen LogP contribution in [-0.4, -0.2) is 38.7 Å². The predicted octanol–water partition coefficient (Wildman–Crippen LogP) is 8.22. The molecule has 9 heteroatoms. The zero-order valence-electron chi connectivity index (χ0n) is 23.2. The first-order valence-electron chi connectivity index (χ1n) is 13.5. The van der Waals surface area contributed by atoms with Gasteiger partial charge >= 0.3 is 0 Å². The summed E-state index contributed by atoms with van der Waals surface area (Å²) in [6.07, 6.45) is 4.64. The van der Waals surface area contributed by atoms with Crippen molar-refractivity contribution in [1.82, 2.24) is 5.01 Å². The molecule has 0 saturated heterocycles. The van der Waals surface area contributed by atoms with Gasteiger partial charge in [0, 0.05) is 28.1 Å². The summed E-state index contributed by atoms with van der Waals surface area (Å²) in [6, 6.07) is 15.1. The van der Waals surface area contributed by atoms with E-state index in [1.54, 1.807) is 27.4 Å². The Labute approximate surface area is 245 Å². The van der Waals surface area contributed by atoms with Crippen LogP contribution in [0, 0.1) is 0 Å². The van der Waals surface area contributed by atoms with Crippen LogP contribution < -0.4 is 23.7 Å². The van der Waals surface area contributed by atoms with Crippen LogP contribution in [-0.2, 0) is 0 Å². The molecule has 0 saturated carbocycles. The highest BCUT2D eigenvalue weighted by atomic mass is 35.5. The van der Waals surface area contributed by atoms with Gasteiger partial charge in [0.1, 0.15) is 5.75 Å². The molecule has 0 fully saturated rings. The predicted molar refractivity (Wildman–Crippen MR) is 158 cm³/mol. The smallest absolute Gasteiger partial charge is 0.214 e. The highest BCUT2D eigenvalue weighted by molar-refractivity contribution is 6.35. The van der Waals surface area contributed by atoms with Crippen LogP contribution in [0.4, 0.5) is 0 Å². The molecule has 3 aromatic carbocycles. The van der Waals surface area contributed by atoms with Crippen molar-refractivity contribution in [2.45, 2.75) is 51.3 Å². The quantitative estimate of drug-likeness (QED) is 0.211. The first-order chi connectivity index (χ1) is 19.5. The number of rotatable bonds is 11. The van der Waals surface area contributed by atoms with Gasteiger partial charge in [0.15, 0.2) is 23.0 Å². The maximum atomic E-state index is 6.65. The minimum absolute atomic E-state index is 0.131. The van der Waals surface area contributed by atoms with E-state index in [0.717, 1.165) is 35.2 Å². The third-order valence-electron chi connectivity index (χ3n) is 7.25. The van der Waals surface area contributed by atoms with Gasteiger partial charge in [-0.1, -0.05) is 49.4 Å². The van der Waals surface area contributed by atoms with Crippen molar-refractivity contribution in [3.63, 3.8) is 0 Å². The number of hydrogen-bond donors (Lipinski definition) is 0. The van der Waals surface area contributed by atoms with E-state index < -0.39 is 6.23 Å². The van der Waals surface area contributed by atoms with Gasteiger partial charge in [-0.05, 0) is 55.0 Å². The molecule has 0 amide bonds. The highest BCUT2D eigenvalue weighted by Crippen LogP contribution is 2.51. The molecule has 0 unspecified atom stereocenters. The molecule has 2 aliphatic heterocycles. The van der Waals surface area contributed by atoms with Crippen molar-refractivity contribution >= 4 is 28.9 Å². The van der Waals surface area contributed by atoms with Crippen LogP contribution in [0.2, 0.25) is 10.0 Å². The second-order valence-electron chi connectivity index (χ2n) is 9.81. The summed E-state index contributed by atoms with van der Waals surface area (Å²) in [5, 5.41) is 8.04. The van der Waals surface area contributed by atoms with E-state index in [-0.39, 0.29) is 6.04 Å². The van der Waals surface area contributed by atoms with E-state index in [9.17, 15) is 0 Å². The Bertz CT molecular complexity index is 1400. The van der Waals surface area contributed by atoms with Crippen molar-refractivity contribution in [1.29, 1.82) is 0 Å². The summed E-state index contributed by atoms with van der Waals surface area (Å²) in [5.74, 6) is 3.26. The summed E-state index contributed by atoms with van der Waals surface area (Å²) in [7, 11) is 4.89. The molecular formula is C31H34Cl2N2O5. The first kappa shape index (κ1) is 28.2. The van der Waals surface area contributed by atoms with Gasteiger partial charge in [0.25, 0.3) is 0 Å². The monoisotopic (exact) mass is 584 g/mol. The number of unbranched alkanes of at least 4 members (excludes halogenated alkanes) is 3. The standard InChI is InChI=1S/C31H34Cl2N2O5/c1-5-6-7-8-13-39-27-12-10-20(15-29(27)38-4)31-35-25(22-16-21(32)17-23(33)30(22)40-31)18-24(34-35)19-9-11-26(36-2)28(14-19)37-3/h9-12,14-17,25,31H,5-8,13,18H2,1-4H3/t25-,31+/m0/s1. The van der Waals surface area contributed by atoms with Gasteiger partial charge in [-0.25, -0.2) is 5.01 Å². The fraction of sp³-hybridized carbons (Fsp3) is 0.387. The fourth-order valence-corrected chi connectivity index (χ4v) is 5.75. The molecule has 40 heavy (non-hydrogen) atoms. The minimum Gasteiger partial charge on any atom is -0.493 e. The summed E-state index contributed by atoms with van der Waals surface area (Å²) < 4.78 is 29.2. The van der Waals surface area contributed by atoms with Crippen LogP contribution in [0.5, 0.6) is 28.7 Å². The maximum Gasteiger partial charge on any atom is 0.214 e. The Kier molecular flexibility index (Phi) is 8.81. The Morgan fingerprint density at radius 2 is 1.62 bits per heavy atom. The summed E-state index contributed by atoms with van der Waals surface area (Å²) >= 11 is 13.1. The molecule has 212 valence electrons. The molecule has 0 spiro atoms. The number of nitrogens with zero attached hydrogens (tertiary/aromatic N) is 2. The average molecular weight is 586 g/mol. The third-order valence-corrected chi connectivity index (χ3v) is 7.75. The number of ether oxygens (including phenoxy) is 5. The van der Waals surface area contributed by atoms with E-state index in [1.165, 1.54) is 12.8 Å². The molecule has 2 aliphatic rings. The van der Waals surface area contributed by atoms with Crippen molar-refractivity contribution < 1.29 is 23.7 Å². The normalized spacial score (nSPS) is 17.4. The number of hydrazone groups is 1. The maximum absolute atomic E-state index is 6.65. The van der Waals surface area contributed by atoms with Crippen LogP contribution >= 0.6 is 23.2 Å². The zero-order valence-corrected chi connectivity index (χ0v) is 24.7. The molecule has 0 radical (unpaired) electrons. The first-order valence-corrected chi connectivity index (χ1v) is 14.3. The van der Waals surface area contributed by atoms with Gasteiger partial charge in [0.05, 0.1) is 44.7 Å². The van der Waals surface area contributed by atoms with E-state index in [0.29, 0.717) is 51.8 Å². The lowest BCUT2D eigenvalue weighted by molar-refractivity contribution is -0.0190. The van der Waals surface area contributed by atoms with Crippen LogP contribution in [0.3, 0.4) is 0 Å². The largest absolute Gasteiger partial charge is 0.493 e. The van der Waals surface area contributed by atoms with Crippen LogP contribution in [0.15, 0.2) is 53.6 Å². The number of fused-ring (bicyclic) bond motifs is 3. The van der Waals surface area contributed by atoms with Crippen molar-refractivity contribution in [2.75, 3.05) is 27.9 Å². The SMILES string of the molecule is CCCCCCOc1ccc([C@H]2Oc3c(Cl)cc(Cl)cc3[C@@H]3CC(c4ccc(OC)c(OC)c4)=NN23)cc1OC. The molecule has 0 bridgehead atoms. The highest BCUT2D eigenvalue weighted by Gasteiger charge is 2.42. The van der Waals surface area contributed by atoms with Gasteiger partial charge in [-0.2, -0.15) is 5.10 Å². The second-order valence-corrected chi connectivity index (χ2v) is 10.7. The van der Waals surface area contributed by atoms with E-state index in [2.05, 4.69) is 6.92 Å². The molecular weight excluding hydrogens is 551 g/mol. The lowest BCUT2D eigenvalue weighted by Crippen LogP contribution is -2.33. The lowest BCUT2D eigenvalue weighted by atomic mass is 9.95. The molecule has 0 aromatic heterocycles. The molecule has 2 atom stereocenters. The number of halogens is 2. The Hall–Kier alpha value is -3.29. The van der Waals surface area contributed by atoms with E-state index >= 15 is 0 Å². The second kappa shape index (κ2) is 12.5. The average Bonchev–Trinajstić information content (AvgIpc) is 3.42. The lowest BCUT2D eigenvalue weighted by Gasteiger charge is -2.38. The van der Waals surface area contributed by atoms with Crippen molar-refractivity contribution in [3.05, 3.63) is 75.3 Å². The van der Waals surface area contributed by atoms with Crippen LogP contribution in [0.25, 0.3) is 0 Å².